The molecule has 0 bridgehead atoms. The van der Waals surface area contributed by atoms with Crippen LogP contribution in [0.15, 0.2) is 18.2 Å². The van der Waals surface area contributed by atoms with E-state index in [9.17, 15) is 9.18 Å². The zero-order valence-corrected chi connectivity index (χ0v) is 13.3. The first kappa shape index (κ1) is 17.0. The molecule has 1 aromatic carbocycles. The number of carbonyl (C=O) groups excluding carboxylic acids is 1. The van der Waals surface area contributed by atoms with Gasteiger partial charge in [-0.15, -0.1) is 12.4 Å². The molecule has 1 heterocycles. The molecule has 1 aliphatic heterocycles. The average molecular weight is 329 g/mol. The lowest BCUT2D eigenvalue weighted by atomic mass is 9.97. The second kappa shape index (κ2) is 7.79. The number of carbonyl (C=O) groups is 1. The predicted molar refractivity (Wildman–Crippen MR) is 86.1 cm³/mol. The van der Waals surface area contributed by atoms with Crippen molar-refractivity contribution in [1.29, 1.82) is 0 Å². The number of piperidine rings is 1. The van der Waals surface area contributed by atoms with E-state index in [2.05, 4.69) is 10.6 Å². The summed E-state index contributed by atoms with van der Waals surface area (Å²) in [5.74, 6) is 0.693. The van der Waals surface area contributed by atoms with Crippen molar-refractivity contribution < 1.29 is 13.9 Å². The van der Waals surface area contributed by atoms with Crippen molar-refractivity contribution in [3.63, 3.8) is 0 Å². The Hall–Kier alpha value is -1.33. The molecular weight excluding hydrogens is 307 g/mol. The molecule has 0 spiro atoms. The maximum absolute atomic E-state index is 13.4. The molecule has 122 valence electrons. The highest BCUT2D eigenvalue weighted by molar-refractivity contribution is 5.94. The Balaban J connectivity index is 0.00000176. The third-order valence-corrected chi connectivity index (χ3v) is 4.08. The van der Waals surface area contributed by atoms with E-state index < -0.39 is 0 Å². The topological polar surface area (TPSA) is 50.4 Å². The summed E-state index contributed by atoms with van der Waals surface area (Å²) in [4.78, 5) is 12.3. The summed E-state index contributed by atoms with van der Waals surface area (Å²) in [6.07, 6.45) is 4.02. The van der Waals surface area contributed by atoms with Crippen LogP contribution in [0.1, 0.15) is 25.7 Å². The monoisotopic (exact) mass is 328 g/mol. The molecule has 1 aromatic rings. The van der Waals surface area contributed by atoms with Crippen LogP contribution >= 0.6 is 12.4 Å². The summed E-state index contributed by atoms with van der Waals surface area (Å²) in [6.45, 7) is 2.33. The van der Waals surface area contributed by atoms with Gasteiger partial charge in [0.15, 0.2) is 0 Å². The molecule has 2 N–H and O–H groups in total. The van der Waals surface area contributed by atoms with Gasteiger partial charge >= 0.3 is 0 Å². The zero-order chi connectivity index (χ0) is 14.7. The highest BCUT2D eigenvalue weighted by atomic mass is 35.5. The van der Waals surface area contributed by atoms with Crippen LogP contribution in [0.25, 0.3) is 0 Å². The van der Waals surface area contributed by atoms with E-state index in [1.54, 1.807) is 6.07 Å². The Labute approximate surface area is 136 Å². The van der Waals surface area contributed by atoms with Crippen molar-refractivity contribution in [2.45, 2.75) is 25.7 Å². The third-order valence-electron chi connectivity index (χ3n) is 4.08. The highest BCUT2D eigenvalue weighted by Gasteiger charge is 2.24. The van der Waals surface area contributed by atoms with Gasteiger partial charge in [0, 0.05) is 12.0 Å². The summed E-state index contributed by atoms with van der Waals surface area (Å²) in [6, 6.07) is 4.28. The molecule has 4 nitrogen and oxygen atoms in total. The van der Waals surface area contributed by atoms with Crippen LogP contribution in [0, 0.1) is 17.7 Å². The second-order valence-electron chi connectivity index (χ2n) is 5.91. The predicted octanol–water partition coefficient (Wildman–Crippen LogP) is 2.97. The maximum Gasteiger partial charge on any atom is 0.227 e. The number of hydrogen-bond donors (Lipinski definition) is 2. The normalized spacial score (nSPS) is 18.4. The molecular formula is C16H22ClFN2O2. The van der Waals surface area contributed by atoms with E-state index in [1.807, 2.05) is 0 Å². The van der Waals surface area contributed by atoms with Gasteiger partial charge in [0.1, 0.15) is 11.6 Å². The Kier molecular flexibility index (Phi) is 6.03. The highest BCUT2D eigenvalue weighted by Crippen LogP contribution is 2.32. The fraction of sp³-hybridized carbons (Fsp3) is 0.562. The van der Waals surface area contributed by atoms with Gasteiger partial charge in [-0.25, -0.2) is 4.39 Å². The van der Waals surface area contributed by atoms with Crippen LogP contribution in [0.5, 0.6) is 5.75 Å². The first-order valence-corrected chi connectivity index (χ1v) is 7.66. The molecule has 3 rings (SSSR count). The first-order valence-electron chi connectivity index (χ1n) is 7.66. The van der Waals surface area contributed by atoms with Crippen LogP contribution in [-0.4, -0.2) is 25.6 Å². The molecule has 1 saturated carbocycles. The lowest BCUT2D eigenvalue weighted by molar-refractivity contribution is -0.120. The number of rotatable bonds is 5. The largest absolute Gasteiger partial charge is 0.491 e. The Morgan fingerprint density at radius 3 is 2.68 bits per heavy atom. The number of halogens is 2. The van der Waals surface area contributed by atoms with Crippen molar-refractivity contribution in [3.8, 4) is 5.75 Å². The minimum atomic E-state index is -0.347. The van der Waals surface area contributed by atoms with Gasteiger partial charge in [-0.05, 0) is 56.8 Å². The van der Waals surface area contributed by atoms with Crippen molar-refractivity contribution >= 4 is 24.0 Å². The minimum absolute atomic E-state index is 0. The van der Waals surface area contributed by atoms with Gasteiger partial charge in [-0.1, -0.05) is 0 Å². The fourth-order valence-corrected chi connectivity index (χ4v) is 2.53. The molecule has 0 unspecified atom stereocenters. The van der Waals surface area contributed by atoms with Crippen LogP contribution in [0.3, 0.4) is 0 Å². The van der Waals surface area contributed by atoms with E-state index in [4.69, 9.17) is 4.74 Å². The summed E-state index contributed by atoms with van der Waals surface area (Å²) >= 11 is 0. The Morgan fingerprint density at radius 1 is 1.27 bits per heavy atom. The molecule has 2 fully saturated rings. The van der Waals surface area contributed by atoms with E-state index >= 15 is 0 Å². The molecule has 22 heavy (non-hydrogen) atoms. The Morgan fingerprint density at radius 2 is 2.00 bits per heavy atom. The summed E-state index contributed by atoms with van der Waals surface area (Å²) in [7, 11) is 0. The van der Waals surface area contributed by atoms with Crippen molar-refractivity contribution in [1.82, 2.24) is 5.32 Å². The summed E-state index contributed by atoms with van der Waals surface area (Å²) in [5.41, 5.74) is 0.570. The standard InChI is InChI=1S/C16H21FN2O2.ClH/c17-13-3-4-14(15(9-13)21-10-11-1-2-11)19-16(20)12-5-7-18-8-6-12;/h3-4,9,11-12,18H,1-2,5-8,10H2,(H,19,20);1H. The number of nitrogens with one attached hydrogen (secondary N) is 2. The second-order valence-corrected chi connectivity index (χ2v) is 5.91. The van der Waals surface area contributed by atoms with Gasteiger partial charge in [-0.2, -0.15) is 0 Å². The molecule has 0 aromatic heterocycles. The van der Waals surface area contributed by atoms with E-state index in [0.29, 0.717) is 24.0 Å². The van der Waals surface area contributed by atoms with Gasteiger partial charge < -0.3 is 15.4 Å². The maximum atomic E-state index is 13.4. The van der Waals surface area contributed by atoms with Gasteiger partial charge in [0.25, 0.3) is 0 Å². The molecule has 1 aliphatic carbocycles. The van der Waals surface area contributed by atoms with Crippen LogP contribution in [-0.2, 0) is 4.79 Å². The summed E-state index contributed by atoms with van der Waals surface area (Å²) < 4.78 is 19.0. The van der Waals surface area contributed by atoms with E-state index in [1.165, 1.54) is 25.0 Å². The van der Waals surface area contributed by atoms with E-state index in [0.717, 1.165) is 25.9 Å². The van der Waals surface area contributed by atoms with Crippen molar-refractivity contribution in [3.05, 3.63) is 24.0 Å². The zero-order valence-electron chi connectivity index (χ0n) is 12.4. The number of benzene rings is 1. The van der Waals surface area contributed by atoms with Crippen molar-refractivity contribution in [2.24, 2.45) is 11.8 Å². The number of hydrogen-bond acceptors (Lipinski definition) is 3. The minimum Gasteiger partial charge on any atom is -0.491 e. The van der Waals surface area contributed by atoms with E-state index in [-0.39, 0.29) is 30.0 Å². The SMILES string of the molecule is Cl.O=C(Nc1ccc(F)cc1OCC1CC1)C1CCNCC1. The van der Waals surface area contributed by atoms with Gasteiger partial charge in [-0.3, -0.25) is 4.79 Å². The van der Waals surface area contributed by atoms with Crippen LogP contribution in [0.2, 0.25) is 0 Å². The smallest absolute Gasteiger partial charge is 0.227 e. The quantitative estimate of drug-likeness (QED) is 0.873. The molecule has 0 radical (unpaired) electrons. The number of amides is 1. The van der Waals surface area contributed by atoms with Crippen LogP contribution < -0.4 is 15.4 Å². The third kappa shape index (κ3) is 4.58. The van der Waals surface area contributed by atoms with Crippen LogP contribution in [0.4, 0.5) is 10.1 Å². The molecule has 6 heteroatoms. The fourth-order valence-electron chi connectivity index (χ4n) is 2.53. The van der Waals surface area contributed by atoms with Gasteiger partial charge in [0.05, 0.1) is 12.3 Å². The molecule has 1 amide bonds. The molecule has 0 atom stereocenters. The van der Waals surface area contributed by atoms with Crippen molar-refractivity contribution in [2.75, 3.05) is 25.0 Å². The average Bonchev–Trinajstić information content (AvgIpc) is 3.32. The molecule has 2 aliphatic rings. The lowest BCUT2D eigenvalue weighted by Crippen LogP contribution is -2.34. The number of ether oxygens (including phenoxy) is 1. The van der Waals surface area contributed by atoms with Gasteiger partial charge in [0.2, 0.25) is 5.91 Å². The lowest BCUT2D eigenvalue weighted by Gasteiger charge is -2.22. The summed E-state index contributed by atoms with van der Waals surface area (Å²) in [5, 5.41) is 6.13. The molecule has 1 saturated heterocycles. The number of anilines is 1. The first-order chi connectivity index (χ1) is 10.2. The Bertz CT molecular complexity index is 517.